The number of hydrogen-bond donors (Lipinski definition) is 1. The van der Waals surface area contributed by atoms with Crippen LogP contribution in [0.25, 0.3) is 10.9 Å². The van der Waals surface area contributed by atoms with Crippen LogP contribution in [0.15, 0.2) is 49.3 Å². The van der Waals surface area contributed by atoms with Crippen LogP contribution in [0.3, 0.4) is 0 Å². The number of nitrogens with one attached hydrogen (secondary N) is 1. The summed E-state index contributed by atoms with van der Waals surface area (Å²) in [7, 11) is 1.58. The number of carbonyl (C=O) groups is 1. The molecule has 0 unspecified atom stereocenters. The van der Waals surface area contributed by atoms with Gasteiger partial charge in [0.25, 0.3) is 0 Å². The number of amides is 1. The molecule has 1 aromatic heterocycles. The molecule has 1 N–H and O–H groups in total. The van der Waals surface area contributed by atoms with E-state index in [1.165, 1.54) is 24.5 Å². The van der Waals surface area contributed by atoms with Crippen LogP contribution in [0, 0.1) is 5.82 Å². The van der Waals surface area contributed by atoms with E-state index >= 15 is 0 Å². The van der Waals surface area contributed by atoms with E-state index < -0.39 is 5.82 Å². The molecule has 7 nitrogen and oxygen atoms in total. The van der Waals surface area contributed by atoms with Crippen molar-refractivity contribution in [1.29, 1.82) is 0 Å². The monoisotopic (exact) mass is 500 g/mol. The molecule has 0 aliphatic carbocycles. The Bertz CT molecular complexity index is 1180. The number of ether oxygens (including phenoxy) is 2. The zero-order valence-electron chi connectivity index (χ0n) is 20.2. The summed E-state index contributed by atoms with van der Waals surface area (Å²) in [6, 6.07) is 8.31. The van der Waals surface area contributed by atoms with Gasteiger partial charge in [0.15, 0.2) is 11.5 Å². The Hall–Kier alpha value is -3.39. The molecule has 1 saturated heterocycles. The van der Waals surface area contributed by atoms with Crippen molar-refractivity contribution in [3.05, 3.63) is 65.7 Å². The highest BCUT2D eigenvalue weighted by molar-refractivity contribution is 6.30. The number of anilines is 1. The maximum absolute atomic E-state index is 13.8. The minimum atomic E-state index is -0.468. The number of likely N-dealkylation sites (tertiary alicyclic amines) is 1. The van der Waals surface area contributed by atoms with E-state index in [-0.39, 0.29) is 17.0 Å². The average molecular weight is 501 g/mol. The molecular formula is C26H30ClFN4O3. The summed E-state index contributed by atoms with van der Waals surface area (Å²) < 4.78 is 25.5. The molecule has 2 heterocycles. The summed E-state index contributed by atoms with van der Waals surface area (Å²) in [4.78, 5) is 22.3. The zero-order chi connectivity index (χ0) is 25.4. The quantitative estimate of drug-likeness (QED) is 0.424. The maximum atomic E-state index is 13.8. The van der Waals surface area contributed by atoms with Gasteiger partial charge in [-0.05, 0) is 29.8 Å². The van der Waals surface area contributed by atoms with Gasteiger partial charge in [0, 0.05) is 43.9 Å². The van der Waals surface area contributed by atoms with Gasteiger partial charge in [-0.2, -0.15) is 0 Å². The highest BCUT2D eigenvalue weighted by atomic mass is 35.5. The molecule has 9 heteroatoms. The number of hydrogen-bond acceptors (Lipinski definition) is 6. The first kappa shape index (κ1) is 26.2. The number of aromatic nitrogens is 2. The van der Waals surface area contributed by atoms with E-state index in [2.05, 4.69) is 21.9 Å². The molecule has 4 rings (SSSR count). The van der Waals surface area contributed by atoms with Crippen LogP contribution in [-0.4, -0.2) is 47.1 Å². The molecular weight excluding hydrogens is 471 g/mol. The highest BCUT2D eigenvalue weighted by Crippen LogP contribution is 2.35. The first-order valence-corrected chi connectivity index (χ1v) is 11.9. The first-order valence-electron chi connectivity index (χ1n) is 11.6. The molecule has 0 saturated carbocycles. The smallest absolute Gasteiger partial charge is 0.245 e. The van der Waals surface area contributed by atoms with Crippen molar-refractivity contribution in [2.75, 3.05) is 25.5 Å². The van der Waals surface area contributed by atoms with E-state index in [0.717, 1.165) is 10.9 Å². The lowest BCUT2D eigenvalue weighted by molar-refractivity contribution is -0.127. The predicted molar refractivity (Wildman–Crippen MR) is 137 cm³/mol. The molecule has 0 atom stereocenters. The number of nitrogens with zero attached hydrogens (tertiary/aromatic N) is 3. The Labute approximate surface area is 209 Å². The summed E-state index contributed by atoms with van der Waals surface area (Å²) in [6.07, 6.45) is 4.15. The third-order valence-electron chi connectivity index (χ3n) is 5.59. The minimum absolute atomic E-state index is 0.0525. The van der Waals surface area contributed by atoms with Gasteiger partial charge in [0.1, 0.15) is 24.1 Å². The minimum Gasteiger partial charge on any atom is -0.493 e. The molecule has 1 aliphatic heterocycles. The van der Waals surface area contributed by atoms with Gasteiger partial charge in [-0.3, -0.25) is 4.79 Å². The van der Waals surface area contributed by atoms with Crippen LogP contribution in [0.4, 0.5) is 10.2 Å². The molecule has 1 amide bonds. The molecule has 1 aliphatic rings. The van der Waals surface area contributed by atoms with E-state index in [1.54, 1.807) is 24.1 Å². The normalized spacial score (nSPS) is 13.6. The summed E-state index contributed by atoms with van der Waals surface area (Å²) in [5.74, 6) is 1.20. The number of rotatable bonds is 7. The Morgan fingerprint density at radius 2 is 1.97 bits per heavy atom. The number of benzene rings is 2. The van der Waals surface area contributed by atoms with Crippen LogP contribution in [0.5, 0.6) is 11.5 Å². The van der Waals surface area contributed by atoms with E-state index in [4.69, 9.17) is 21.1 Å². The van der Waals surface area contributed by atoms with Gasteiger partial charge in [0.2, 0.25) is 5.91 Å². The molecule has 35 heavy (non-hydrogen) atoms. The topological polar surface area (TPSA) is 76.6 Å². The Morgan fingerprint density at radius 1 is 1.23 bits per heavy atom. The largest absolute Gasteiger partial charge is 0.493 e. The van der Waals surface area contributed by atoms with Crippen LogP contribution in [-0.2, 0) is 11.3 Å². The van der Waals surface area contributed by atoms with E-state index in [1.807, 2.05) is 19.9 Å². The molecule has 186 valence electrons. The summed E-state index contributed by atoms with van der Waals surface area (Å²) in [5, 5.41) is 4.07. The van der Waals surface area contributed by atoms with Crippen LogP contribution >= 0.6 is 11.6 Å². The Balaban J connectivity index is 0.00000167. The fraction of sp³-hybridized carbons (Fsp3) is 0.346. The number of fused-ring (bicyclic) bond motifs is 1. The van der Waals surface area contributed by atoms with Gasteiger partial charge in [-0.25, -0.2) is 14.4 Å². The molecule has 0 spiro atoms. The van der Waals surface area contributed by atoms with Gasteiger partial charge in [-0.15, -0.1) is 0 Å². The summed E-state index contributed by atoms with van der Waals surface area (Å²) in [5.41, 5.74) is 1.42. The van der Waals surface area contributed by atoms with Crippen LogP contribution in [0.2, 0.25) is 5.02 Å². The second kappa shape index (κ2) is 12.4. The fourth-order valence-corrected chi connectivity index (χ4v) is 3.91. The SMILES string of the molecule is C=CC(=O)N1CCC(Oc2cc3c(NCc4ccc(Cl)c(F)c4)ncnc3cc2OC)CC1.CC. The van der Waals surface area contributed by atoms with Crippen LogP contribution < -0.4 is 14.8 Å². The third-order valence-corrected chi connectivity index (χ3v) is 5.89. The van der Waals surface area contributed by atoms with Crippen molar-refractivity contribution in [1.82, 2.24) is 14.9 Å². The second-order valence-corrected chi connectivity index (χ2v) is 8.10. The molecule has 3 aromatic rings. The van der Waals surface area contributed by atoms with Crippen molar-refractivity contribution >= 4 is 34.2 Å². The molecule has 0 bridgehead atoms. The summed E-state index contributed by atoms with van der Waals surface area (Å²) >= 11 is 5.77. The third kappa shape index (κ3) is 6.39. The average Bonchev–Trinajstić information content (AvgIpc) is 2.90. The standard InChI is InChI=1S/C24H24ClFN4O3.C2H6/c1-3-23(31)30-8-6-16(7-9-30)33-22-11-17-20(12-21(22)32-2)28-14-29-24(17)27-13-15-4-5-18(25)19(26)10-15;1-2/h3-5,10-12,14,16H,1,6-9,13H2,2H3,(H,27,28,29);1-2H3. The molecule has 2 aromatic carbocycles. The number of halogens is 2. The predicted octanol–water partition coefficient (Wildman–Crippen LogP) is 5.63. The number of carbonyl (C=O) groups excluding carboxylic acids is 1. The molecule has 1 fully saturated rings. The van der Waals surface area contributed by atoms with Crippen molar-refractivity contribution in [2.24, 2.45) is 0 Å². The lowest BCUT2D eigenvalue weighted by Gasteiger charge is -2.31. The maximum Gasteiger partial charge on any atom is 0.245 e. The Morgan fingerprint density at radius 3 is 2.63 bits per heavy atom. The Kier molecular flexibility index (Phi) is 9.25. The van der Waals surface area contributed by atoms with Gasteiger partial charge >= 0.3 is 0 Å². The fourth-order valence-electron chi connectivity index (χ4n) is 3.79. The van der Waals surface area contributed by atoms with Gasteiger partial charge < -0.3 is 19.7 Å². The van der Waals surface area contributed by atoms with E-state index in [9.17, 15) is 9.18 Å². The van der Waals surface area contributed by atoms with Crippen molar-refractivity contribution in [3.8, 4) is 11.5 Å². The van der Waals surface area contributed by atoms with Gasteiger partial charge in [-0.1, -0.05) is 38.1 Å². The van der Waals surface area contributed by atoms with Crippen molar-refractivity contribution < 1.29 is 18.7 Å². The van der Waals surface area contributed by atoms with Crippen molar-refractivity contribution in [2.45, 2.75) is 39.3 Å². The van der Waals surface area contributed by atoms with Crippen LogP contribution in [0.1, 0.15) is 32.3 Å². The van der Waals surface area contributed by atoms with E-state index in [0.29, 0.717) is 55.3 Å². The number of methoxy groups -OCH3 is 1. The first-order chi connectivity index (χ1) is 17.0. The van der Waals surface area contributed by atoms with Crippen molar-refractivity contribution in [3.63, 3.8) is 0 Å². The zero-order valence-corrected chi connectivity index (χ0v) is 20.9. The lowest BCUT2D eigenvalue weighted by Crippen LogP contribution is -2.41. The second-order valence-electron chi connectivity index (χ2n) is 7.69. The lowest BCUT2D eigenvalue weighted by atomic mass is 10.1. The number of piperidine rings is 1. The summed E-state index contributed by atoms with van der Waals surface area (Å²) in [6.45, 7) is 9.12. The highest BCUT2D eigenvalue weighted by Gasteiger charge is 2.24. The van der Waals surface area contributed by atoms with Gasteiger partial charge in [0.05, 0.1) is 17.6 Å². The molecule has 0 radical (unpaired) electrons.